The summed E-state index contributed by atoms with van der Waals surface area (Å²) in [5, 5.41) is 9.09. The minimum atomic E-state index is -0.777. The summed E-state index contributed by atoms with van der Waals surface area (Å²) in [6.45, 7) is 7.66. The summed E-state index contributed by atoms with van der Waals surface area (Å²) in [6, 6.07) is 0. The normalized spacial score (nSPS) is 12.7. The van der Waals surface area contributed by atoms with Gasteiger partial charge in [-0.05, 0) is 25.2 Å². The molecule has 116 valence electrons. The number of hydrogen-bond acceptors (Lipinski definition) is 3. The van der Waals surface area contributed by atoms with Gasteiger partial charge in [0.2, 0.25) is 0 Å². The van der Waals surface area contributed by atoms with Crippen LogP contribution in [-0.4, -0.2) is 22.6 Å². The molecule has 4 heteroatoms. The SMILES string of the molecule is CC(C)CC(CCCC(=O)CCC(=O)C(C)C)C(=O)O. The standard InChI is InChI=1S/C16H28O4/c1-11(2)10-13(16(19)20)6-5-7-14(17)8-9-15(18)12(3)4/h11-13H,5-10H2,1-4H3,(H,19,20). The summed E-state index contributed by atoms with van der Waals surface area (Å²) in [7, 11) is 0. The zero-order valence-electron chi connectivity index (χ0n) is 13.1. The number of carboxylic acid groups (broad SMARTS) is 1. The summed E-state index contributed by atoms with van der Waals surface area (Å²) in [4.78, 5) is 34.1. The minimum Gasteiger partial charge on any atom is -0.481 e. The second-order valence-electron chi connectivity index (χ2n) is 6.22. The molecule has 0 aromatic heterocycles. The van der Waals surface area contributed by atoms with Crippen molar-refractivity contribution in [3.63, 3.8) is 0 Å². The van der Waals surface area contributed by atoms with Gasteiger partial charge in [-0.1, -0.05) is 27.7 Å². The van der Waals surface area contributed by atoms with Crippen LogP contribution in [0.1, 0.15) is 66.2 Å². The summed E-state index contributed by atoms with van der Waals surface area (Å²) >= 11 is 0. The first-order valence-electron chi connectivity index (χ1n) is 7.51. The Balaban J connectivity index is 3.94. The van der Waals surface area contributed by atoms with E-state index in [4.69, 9.17) is 5.11 Å². The van der Waals surface area contributed by atoms with Gasteiger partial charge < -0.3 is 5.11 Å². The third kappa shape index (κ3) is 8.83. The number of carbonyl (C=O) groups is 3. The highest BCUT2D eigenvalue weighted by molar-refractivity contribution is 5.86. The Morgan fingerprint density at radius 2 is 1.55 bits per heavy atom. The van der Waals surface area contributed by atoms with Crippen molar-refractivity contribution in [1.29, 1.82) is 0 Å². The maximum absolute atomic E-state index is 11.6. The highest BCUT2D eigenvalue weighted by Gasteiger charge is 2.19. The third-order valence-electron chi connectivity index (χ3n) is 3.41. The molecule has 20 heavy (non-hydrogen) atoms. The van der Waals surface area contributed by atoms with Gasteiger partial charge in [-0.15, -0.1) is 0 Å². The van der Waals surface area contributed by atoms with E-state index < -0.39 is 5.97 Å². The Bertz CT molecular complexity index is 331. The summed E-state index contributed by atoms with van der Waals surface area (Å²) in [5.74, 6) is -0.642. The van der Waals surface area contributed by atoms with E-state index in [2.05, 4.69) is 0 Å². The minimum absolute atomic E-state index is 0.0229. The number of aliphatic carboxylic acids is 1. The Kier molecular flexibility index (Phi) is 9.10. The van der Waals surface area contributed by atoms with E-state index in [1.807, 2.05) is 27.7 Å². The molecule has 1 unspecified atom stereocenters. The van der Waals surface area contributed by atoms with Gasteiger partial charge in [-0.2, -0.15) is 0 Å². The van der Waals surface area contributed by atoms with Crippen LogP contribution in [0, 0.1) is 17.8 Å². The van der Waals surface area contributed by atoms with Crippen molar-refractivity contribution in [2.24, 2.45) is 17.8 Å². The van der Waals surface area contributed by atoms with Gasteiger partial charge in [0.05, 0.1) is 5.92 Å². The lowest BCUT2D eigenvalue weighted by atomic mass is 9.91. The fourth-order valence-electron chi connectivity index (χ4n) is 2.13. The van der Waals surface area contributed by atoms with Crippen LogP contribution in [0.2, 0.25) is 0 Å². The summed E-state index contributed by atoms with van der Waals surface area (Å²) in [5.41, 5.74) is 0. The second-order valence-corrected chi connectivity index (χ2v) is 6.22. The Labute approximate surface area is 121 Å². The second kappa shape index (κ2) is 9.67. The van der Waals surface area contributed by atoms with Crippen molar-refractivity contribution in [1.82, 2.24) is 0 Å². The van der Waals surface area contributed by atoms with Crippen LogP contribution in [0.15, 0.2) is 0 Å². The number of rotatable bonds is 11. The maximum atomic E-state index is 11.6. The van der Waals surface area contributed by atoms with Gasteiger partial charge in [0.15, 0.2) is 0 Å². The molecule has 0 bridgehead atoms. The highest BCUT2D eigenvalue weighted by Crippen LogP contribution is 2.19. The van der Waals surface area contributed by atoms with Crippen LogP contribution in [0.25, 0.3) is 0 Å². The molecule has 1 N–H and O–H groups in total. The zero-order valence-corrected chi connectivity index (χ0v) is 13.1. The molecule has 0 radical (unpaired) electrons. The highest BCUT2D eigenvalue weighted by atomic mass is 16.4. The molecule has 0 aromatic carbocycles. The molecule has 0 saturated heterocycles. The molecular weight excluding hydrogens is 256 g/mol. The van der Waals surface area contributed by atoms with E-state index in [-0.39, 0.29) is 23.4 Å². The van der Waals surface area contributed by atoms with Crippen molar-refractivity contribution < 1.29 is 19.5 Å². The Morgan fingerprint density at radius 3 is 2.00 bits per heavy atom. The molecule has 0 fully saturated rings. The first kappa shape index (κ1) is 18.8. The molecule has 0 saturated carbocycles. The quantitative estimate of drug-likeness (QED) is 0.630. The van der Waals surface area contributed by atoms with Crippen molar-refractivity contribution in [2.45, 2.75) is 66.2 Å². The van der Waals surface area contributed by atoms with Crippen molar-refractivity contribution >= 4 is 17.5 Å². The lowest BCUT2D eigenvalue weighted by Crippen LogP contribution is -2.16. The smallest absolute Gasteiger partial charge is 0.306 e. The lowest BCUT2D eigenvalue weighted by molar-refractivity contribution is -0.142. The van der Waals surface area contributed by atoms with Gasteiger partial charge in [0, 0.05) is 25.2 Å². The predicted molar refractivity (Wildman–Crippen MR) is 78.5 cm³/mol. The zero-order chi connectivity index (χ0) is 15.7. The fraction of sp³-hybridized carbons (Fsp3) is 0.812. The molecule has 4 nitrogen and oxygen atoms in total. The molecule has 0 aliphatic rings. The van der Waals surface area contributed by atoms with Gasteiger partial charge >= 0.3 is 5.97 Å². The molecule has 0 aromatic rings. The predicted octanol–water partition coefficient (Wildman–Crippen LogP) is 3.48. The number of Topliss-reactive ketones (excluding diaryl/α,β-unsaturated/α-hetero) is 2. The van der Waals surface area contributed by atoms with Gasteiger partial charge in [-0.3, -0.25) is 14.4 Å². The Morgan fingerprint density at radius 1 is 0.950 bits per heavy atom. The van der Waals surface area contributed by atoms with Crippen molar-refractivity contribution in [3.8, 4) is 0 Å². The lowest BCUT2D eigenvalue weighted by Gasteiger charge is -2.14. The first-order chi connectivity index (χ1) is 9.23. The average molecular weight is 284 g/mol. The van der Waals surface area contributed by atoms with Gasteiger partial charge in [-0.25, -0.2) is 0 Å². The van der Waals surface area contributed by atoms with Crippen LogP contribution >= 0.6 is 0 Å². The van der Waals surface area contributed by atoms with Crippen LogP contribution in [0.5, 0.6) is 0 Å². The average Bonchev–Trinajstić information content (AvgIpc) is 2.33. The molecule has 0 amide bonds. The summed E-state index contributed by atoms with van der Waals surface area (Å²) in [6.07, 6.45) is 2.77. The third-order valence-corrected chi connectivity index (χ3v) is 3.41. The fourth-order valence-corrected chi connectivity index (χ4v) is 2.13. The van der Waals surface area contributed by atoms with Gasteiger partial charge in [0.25, 0.3) is 0 Å². The molecule has 0 spiro atoms. The van der Waals surface area contributed by atoms with Crippen LogP contribution in [0.4, 0.5) is 0 Å². The van der Waals surface area contributed by atoms with E-state index in [1.54, 1.807) is 0 Å². The van der Waals surface area contributed by atoms with E-state index in [9.17, 15) is 14.4 Å². The molecule has 0 rings (SSSR count). The van der Waals surface area contributed by atoms with E-state index in [0.717, 1.165) is 0 Å². The summed E-state index contributed by atoms with van der Waals surface area (Å²) < 4.78 is 0. The van der Waals surface area contributed by atoms with Gasteiger partial charge in [0.1, 0.15) is 11.6 Å². The van der Waals surface area contributed by atoms with Crippen LogP contribution < -0.4 is 0 Å². The number of hydrogen-bond donors (Lipinski definition) is 1. The van der Waals surface area contributed by atoms with Crippen molar-refractivity contribution in [2.75, 3.05) is 0 Å². The number of carbonyl (C=O) groups excluding carboxylic acids is 2. The first-order valence-corrected chi connectivity index (χ1v) is 7.51. The molecular formula is C16H28O4. The van der Waals surface area contributed by atoms with E-state index in [1.165, 1.54) is 0 Å². The monoisotopic (exact) mass is 284 g/mol. The van der Waals surface area contributed by atoms with E-state index >= 15 is 0 Å². The topological polar surface area (TPSA) is 71.4 Å². The Hall–Kier alpha value is -1.19. The molecule has 0 heterocycles. The van der Waals surface area contributed by atoms with Crippen LogP contribution in [0.3, 0.4) is 0 Å². The maximum Gasteiger partial charge on any atom is 0.306 e. The van der Waals surface area contributed by atoms with E-state index in [0.29, 0.717) is 44.4 Å². The molecule has 1 atom stereocenters. The van der Waals surface area contributed by atoms with Crippen LogP contribution in [-0.2, 0) is 14.4 Å². The van der Waals surface area contributed by atoms with Crippen molar-refractivity contribution in [3.05, 3.63) is 0 Å². The molecule has 0 aliphatic carbocycles. The largest absolute Gasteiger partial charge is 0.481 e. The number of carboxylic acids is 1. The molecule has 0 aliphatic heterocycles. The number of ketones is 2.